The van der Waals surface area contributed by atoms with Crippen LogP contribution in [0.2, 0.25) is 0 Å². The van der Waals surface area contributed by atoms with Crippen molar-refractivity contribution < 1.29 is 0 Å². The Kier molecular flexibility index (Phi) is 3.49. The summed E-state index contributed by atoms with van der Waals surface area (Å²) in [5.41, 5.74) is 4.60. The van der Waals surface area contributed by atoms with E-state index in [-0.39, 0.29) is 5.41 Å². The van der Waals surface area contributed by atoms with Crippen molar-refractivity contribution in [2.24, 2.45) is 0 Å². The van der Waals surface area contributed by atoms with Crippen LogP contribution in [0, 0.1) is 6.92 Å². The maximum atomic E-state index is 5.81. The number of halogens is 1. The van der Waals surface area contributed by atoms with Gasteiger partial charge in [0.1, 0.15) is 0 Å². The highest BCUT2D eigenvalue weighted by atomic mass is 35.5. The van der Waals surface area contributed by atoms with Crippen molar-refractivity contribution in [1.82, 2.24) is 9.78 Å². The first-order valence-corrected chi connectivity index (χ1v) is 6.67. The van der Waals surface area contributed by atoms with Crippen LogP contribution >= 0.6 is 11.6 Å². The van der Waals surface area contributed by atoms with Crippen molar-refractivity contribution in [2.75, 3.05) is 0 Å². The van der Waals surface area contributed by atoms with Gasteiger partial charge >= 0.3 is 0 Å². The molecule has 0 spiro atoms. The third-order valence-electron chi connectivity index (χ3n) is 3.05. The largest absolute Gasteiger partial charge is 0.238 e. The molecule has 96 valence electrons. The fraction of sp³-hybridized carbons (Fsp3) is 0.400. The zero-order valence-corrected chi connectivity index (χ0v) is 12.1. The van der Waals surface area contributed by atoms with Crippen LogP contribution in [0.15, 0.2) is 30.3 Å². The van der Waals surface area contributed by atoms with E-state index in [1.807, 2.05) is 17.7 Å². The molecule has 2 aromatic rings. The Morgan fingerprint density at radius 2 is 1.78 bits per heavy atom. The third kappa shape index (κ3) is 2.59. The first kappa shape index (κ1) is 13.2. The second kappa shape index (κ2) is 4.77. The van der Waals surface area contributed by atoms with Gasteiger partial charge < -0.3 is 0 Å². The van der Waals surface area contributed by atoms with Gasteiger partial charge in [-0.25, -0.2) is 4.68 Å². The van der Waals surface area contributed by atoms with Crippen molar-refractivity contribution >= 4 is 11.6 Å². The first-order valence-electron chi connectivity index (χ1n) is 6.14. The van der Waals surface area contributed by atoms with Crippen LogP contribution in [0.3, 0.4) is 0 Å². The summed E-state index contributed by atoms with van der Waals surface area (Å²) in [5, 5.41) is 4.48. The molecule has 18 heavy (non-hydrogen) atoms. The SMILES string of the molecule is Cc1cc(CCl)nn1-c1ccc(C(C)(C)C)cc1. The third-order valence-corrected chi connectivity index (χ3v) is 3.33. The van der Waals surface area contributed by atoms with Crippen LogP contribution in [0.1, 0.15) is 37.7 Å². The number of aryl methyl sites for hydroxylation is 1. The molecule has 1 aromatic heterocycles. The van der Waals surface area contributed by atoms with Gasteiger partial charge in [-0.2, -0.15) is 5.10 Å². The number of rotatable bonds is 2. The number of benzene rings is 1. The monoisotopic (exact) mass is 262 g/mol. The normalized spacial score (nSPS) is 11.8. The number of aromatic nitrogens is 2. The lowest BCUT2D eigenvalue weighted by atomic mass is 9.87. The minimum Gasteiger partial charge on any atom is -0.238 e. The second-order valence-corrected chi connectivity index (χ2v) is 5.89. The van der Waals surface area contributed by atoms with E-state index in [0.717, 1.165) is 17.1 Å². The van der Waals surface area contributed by atoms with Gasteiger partial charge in [-0.3, -0.25) is 0 Å². The fourth-order valence-electron chi connectivity index (χ4n) is 1.97. The van der Waals surface area contributed by atoms with Gasteiger partial charge in [0.25, 0.3) is 0 Å². The maximum Gasteiger partial charge on any atom is 0.0779 e. The molecule has 1 aromatic carbocycles. The van der Waals surface area contributed by atoms with Crippen LogP contribution in [-0.4, -0.2) is 9.78 Å². The average molecular weight is 263 g/mol. The predicted molar refractivity (Wildman–Crippen MR) is 76.6 cm³/mol. The second-order valence-electron chi connectivity index (χ2n) is 5.62. The predicted octanol–water partition coefficient (Wildman–Crippen LogP) is 4.22. The van der Waals surface area contributed by atoms with Gasteiger partial charge in [-0.05, 0) is 36.1 Å². The molecule has 0 bridgehead atoms. The highest BCUT2D eigenvalue weighted by Crippen LogP contribution is 2.23. The number of hydrogen-bond acceptors (Lipinski definition) is 1. The van der Waals surface area contributed by atoms with E-state index in [0.29, 0.717) is 5.88 Å². The van der Waals surface area contributed by atoms with Gasteiger partial charge in [0.15, 0.2) is 0 Å². The van der Waals surface area contributed by atoms with E-state index < -0.39 is 0 Å². The van der Waals surface area contributed by atoms with Crippen LogP contribution in [0.25, 0.3) is 5.69 Å². The van der Waals surface area contributed by atoms with Crippen LogP contribution < -0.4 is 0 Å². The molecule has 0 aliphatic carbocycles. The van der Waals surface area contributed by atoms with E-state index in [9.17, 15) is 0 Å². The Bertz CT molecular complexity index is 533. The van der Waals surface area contributed by atoms with Gasteiger partial charge in [-0.1, -0.05) is 32.9 Å². The number of hydrogen-bond donors (Lipinski definition) is 0. The van der Waals surface area contributed by atoms with E-state index in [4.69, 9.17) is 11.6 Å². The Balaban J connectivity index is 2.37. The fourth-order valence-corrected chi connectivity index (χ4v) is 2.10. The zero-order chi connectivity index (χ0) is 13.3. The molecule has 0 amide bonds. The smallest absolute Gasteiger partial charge is 0.0779 e. The molecule has 0 aliphatic rings. The minimum atomic E-state index is 0.180. The van der Waals surface area contributed by atoms with Gasteiger partial charge in [0.2, 0.25) is 0 Å². The van der Waals surface area contributed by atoms with Crippen molar-refractivity contribution in [3.8, 4) is 5.69 Å². The van der Waals surface area contributed by atoms with E-state index in [1.54, 1.807) is 0 Å². The molecule has 2 nitrogen and oxygen atoms in total. The summed E-state index contributed by atoms with van der Waals surface area (Å²) in [6.45, 7) is 8.69. The highest BCUT2D eigenvalue weighted by Gasteiger charge is 2.13. The van der Waals surface area contributed by atoms with Crippen molar-refractivity contribution in [1.29, 1.82) is 0 Å². The van der Waals surface area contributed by atoms with E-state index in [1.165, 1.54) is 5.56 Å². The Morgan fingerprint density at radius 1 is 1.17 bits per heavy atom. The molecule has 0 atom stereocenters. The summed E-state index contributed by atoms with van der Waals surface area (Å²) in [4.78, 5) is 0. The Labute approximate surface area is 114 Å². The van der Waals surface area contributed by atoms with Crippen LogP contribution in [0.4, 0.5) is 0 Å². The molecular formula is C15H19ClN2. The molecular weight excluding hydrogens is 244 g/mol. The molecule has 1 heterocycles. The molecule has 0 N–H and O–H groups in total. The lowest BCUT2D eigenvalue weighted by Gasteiger charge is -2.19. The van der Waals surface area contributed by atoms with Gasteiger partial charge in [0, 0.05) is 5.69 Å². The van der Waals surface area contributed by atoms with Gasteiger partial charge in [0.05, 0.1) is 17.3 Å². The van der Waals surface area contributed by atoms with Crippen molar-refractivity contribution in [3.63, 3.8) is 0 Å². The van der Waals surface area contributed by atoms with Crippen molar-refractivity contribution in [3.05, 3.63) is 47.3 Å². The number of alkyl halides is 1. The average Bonchev–Trinajstić information content (AvgIpc) is 2.70. The molecule has 2 rings (SSSR count). The standard InChI is InChI=1S/C15H19ClN2/c1-11-9-13(10-16)17-18(11)14-7-5-12(6-8-14)15(2,3)4/h5-9H,10H2,1-4H3. The summed E-state index contributed by atoms with van der Waals surface area (Å²) in [6.07, 6.45) is 0. The Morgan fingerprint density at radius 3 is 2.22 bits per heavy atom. The number of nitrogens with zero attached hydrogens (tertiary/aromatic N) is 2. The summed E-state index contributed by atoms with van der Waals surface area (Å²) < 4.78 is 1.93. The molecule has 0 aliphatic heterocycles. The highest BCUT2D eigenvalue weighted by molar-refractivity contribution is 6.16. The van der Waals surface area contributed by atoms with E-state index in [2.05, 4.69) is 50.1 Å². The maximum absolute atomic E-state index is 5.81. The van der Waals surface area contributed by atoms with Crippen molar-refractivity contribution in [2.45, 2.75) is 39.0 Å². The zero-order valence-electron chi connectivity index (χ0n) is 11.4. The summed E-state index contributed by atoms with van der Waals surface area (Å²) in [6, 6.07) is 10.6. The molecule has 3 heteroatoms. The van der Waals surface area contributed by atoms with Crippen LogP contribution in [-0.2, 0) is 11.3 Å². The molecule has 0 saturated heterocycles. The lowest BCUT2D eigenvalue weighted by Crippen LogP contribution is -2.11. The quantitative estimate of drug-likeness (QED) is 0.741. The topological polar surface area (TPSA) is 17.8 Å². The summed E-state index contributed by atoms with van der Waals surface area (Å²) in [5.74, 6) is 0.452. The van der Waals surface area contributed by atoms with Crippen LogP contribution in [0.5, 0.6) is 0 Å². The molecule has 0 saturated carbocycles. The minimum absolute atomic E-state index is 0.180. The Hall–Kier alpha value is -1.28. The van der Waals surface area contributed by atoms with Gasteiger partial charge in [-0.15, -0.1) is 11.6 Å². The molecule has 0 radical (unpaired) electrons. The summed E-state index contributed by atoms with van der Waals surface area (Å²) in [7, 11) is 0. The molecule has 0 fully saturated rings. The van der Waals surface area contributed by atoms with E-state index >= 15 is 0 Å². The molecule has 0 unspecified atom stereocenters. The summed E-state index contributed by atoms with van der Waals surface area (Å²) >= 11 is 5.81. The first-order chi connectivity index (χ1) is 8.41. The lowest BCUT2D eigenvalue weighted by molar-refractivity contribution is 0.590.